The van der Waals surface area contributed by atoms with E-state index in [1.54, 1.807) is 0 Å². The van der Waals surface area contributed by atoms with E-state index in [0.717, 1.165) is 19.5 Å². The number of likely N-dealkylation sites (N-methyl/N-ethyl adjacent to an activating group) is 1. The van der Waals surface area contributed by atoms with Gasteiger partial charge in [-0.3, -0.25) is 4.98 Å². The molecule has 0 spiro atoms. The number of piperidine rings is 1. The Labute approximate surface area is 97.9 Å². The van der Waals surface area contributed by atoms with Gasteiger partial charge >= 0.3 is 0 Å². The molecule has 1 saturated heterocycles. The summed E-state index contributed by atoms with van der Waals surface area (Å²) in [6.45, 7) is 2.26. The normalized spacial score (nSPS) is 19.9. The van der Waals surface area contributed by atoms with Crippen molar-refractivity contribution in [2.45, 2.75) is 24.8 Å². The van der Waals surface area contributed by atoms with Gasteiger partial charge in [0.25, 0.3) is 0 Å². The SMILES string of the molecule is CN(C)C1(Cc2ccncc2)CCNCC1. The number of nitrogens with zero attached hydrogens (tertiary/aromatic N) is 2. The van der Waals surface area contributed by atoms with Crippen LogP contribution < -0.4 is 5.32 Å². The molecule has 3 heteroatoms. The Morgan fingerprint density at radius 2 is 1.88 bits per heavy atom. The minimum absolute atomic E-state index is 0.326. The van der Waals surface area contributed by atoms with Crippen LogP contribution in [0.5, 0.6) is 0 Å². The number of nitrogens with one attached hydrogen (secondary N) is 1. The summed E-state index contributed by atoms with van der Waals surface area (Å²) in [7, 11) is 4.40. The fraction of sp³-hybridized carbons (Fsp3) is 0.615. The lowest BCUT2D eigenvalue weighted by molar-refractivity contribution is 0.108. The van der Waals surface area contributed by atoms with Gasteiger partial charge in [-0.15, -0.1) is 0 Å². The van der Waals surface area contributed by atoms with Gasteiger partial charge in [-0.2, -0.15) is 0 Å². The van der Waals surface area contributed by atoms with Gasteiger partial charge < -0.3 is 10.2 Å². The molecule has 0 bridgehead atoms. The zero-order valence-corrected chi connectivity index (χ0v) is 10.2. The van der Waals surface area contributed by atoms with Crippen molar-refractivity contribution >= 4 is 0 Å². The molecule has 1 aromatic heterocycles. The molecular weight excluding hydrogens is 198 g/mol. The summed E-state index contributed by atoms with van der Waals surface area (Å²) in [5, 5.41) is 3.44. The molecule has 1 fully saturated rings. The molecule has 2 heterocycles. The first kappa shape index (κ1) is 11.6. The molecule has 1 aliphatic rings. The molecular formula is C13H21N3. The topological polar surface area (TPSA) is 28.2 Å². The van der Waals surface area contributed by atoms with Gasteiger partial charge in [0.05, 0.1) is 0 Å². The Morgan fingerprint density at radius 1 is 1.25 bits per heavy atom. The van der Waals surface area contributed by atoms with Crippen molar-refractivity contribution in [3.05, 3.63) is 30.1 Å². The number of hydrogen-bond donors (Lipinski definition) is 1. The summed E-state index contributed by atoms with van der Waals surface area (Å²) in [5.41, 5.74) is 1.72. The predicted molar refractivity (Wildman–Crippen MR) is 66.5 cm³/mol. The average Bonchev–Trinajstić information content (AvgIpc) is 2.31. The monoisotopic (exact) mass is 219 g/mol. The van der Waals surface area contributed by atoms with E-state index in [0.29, 0.717) is 5.54 Å². The smallest absolute Gasteiger partial charge is 0.0270 e. The minimum atomic E-state index is 0.326. The van der Waals surface area contributed by atoms with Crippen LogP contribution in [0.3, 0.4) is 0 Å². The van der Waals surface area contributed by atoms with Crippen LogP contribution in [0.15, 0.2) is 24.5 Å². The molecule has 88 valence electrons. The molecule has 0 radical (unpaired) electrons. The van der Waals surface area contributed by atoms with Crippen molar-refractivity contribution in [3.8, 4) is 0 Å². The van der Waals surface area contributed by atoms with E-state index in [2.05, 4.69) is 41.4 Å². The van der Waals surface area contributed by atoms with E-state index in [9.17, 15) is 0 Å². The van der Waals surface area contributed by atoms with Crippen LogP contribution in [0.2, 0.25) is 0 Å². The van der Waals surface area contributed by atoms with E-state index in [-0.39, 0.29) is 0 Å². The Bertz CT molecular complexity index is 315. The molecule has 16 heavy (non-hydrogen) atoms. The quantitative estimate of drug-likeness (QED) is 0.831. The summed E-state index contributed by atoms with van der Waals surface area (Å²) in [5.74, 6) is 0. The lowest BCUT2D eigenvalue weighted by Gasteiger charge is -2.43. The fourth-order valence-electron chi connectivity index (χ4n) is 2.55. The lowest BCUT2D eigenvalue weighted by Crippen LogP contribution is -2.53. The zero-order valence-electron chi connectivity index (χ0n) is 10.2. The van der Waals surface area contributed by atoms with Crippen molar-refractivity contribution < 1.29 is 0 Å². The van der Waals surface area contributed by atoms with Crippen LogP contribution in [0.25, 0.3) is 0 Å². The van der Waals surface area contributed by atoms with E-state index in [1.807, 2.05) is 12.4 Å². The molecule has 3 nitrogen and oxygen atoms in total. The third-order valence-electron chi connectivity index (χ3n) is 3.77. The molecule has 1 aliphatic heterocycles. The molecule has 0 atom stereocenters. The van der Waals surface area contributed by atoms with Crippen molar-refractivity contribution in [1.82, 2.24) is 15.2 Å². The largest absolute Gasteiger partial charge is 0.317 e. The molecule has 0 amide bonds. The van der Waals surface area contributed by atoms with Gasteiger partial charge in [0.2, 0.25) is 0 Å². The second kappa shape index (κ2) is 4.93. The van der Waals surface area contributed by atoms with Gasteiger partial charge in [-0.1, -0.05) is 0 Å². The Kier molecular flexibility index (Phi) is 3.56. The van der Waals surface area contributed by atoms with Crippen LogP contribution in [0.1, 0.15) is 18.4 Å². The summed E-state index contributed by atoms with van der Waals surface area (Å²) in [6, 6.07) is 4.26. The first-order valence-corrected chi connectivity index (χ1v) is 6.00. The molecule has 0 aromatic carbocycles. The summed E-state index contributed by atoms with van der Waals surface area (Å²) >= 11 is 0. The average molecular weight is 219 g/mol. The molecule has 1 aromatic rings. The van der Waals surface area contributed by atoms with Crippen molar-refractivity contribution in [3.63, 3.8) is 0 Å². The molecule has 2 rings (SSSR count). The Morgan fingerprint density at radius 3 is 2.44 bits per heavy atom. The lowest BCUT2D eigenvalue weighted by atomic mass is 9.81. The first-order valence-electron chi connectivity index (χ1n) is 6.00. The Balaban J connectivity index is 2.14. The summed E-state index contributed by atoms with van der Waals surface area (Å²) in [6.07, 6.45) is 7.36. The van der Waals surface area contributed by atoms with Crippen molar-refractivity contribution in [1.29, 1.82) is 0 Å². The second-order valence-corrected chi connectivity index (χ2v) is 4.90. The number of aromatic nitrogens is 1. The maximum Gasteiger partial charge on any atom is 0.0270 e. The van der Waals surface area contributed by atoms with E-state index >= 15 is 0 Å². The third kappa shape index (κ3) is 2.42. The highest BCUT2D eigenvalue weighted by Gasteiger charge is 2.33. The molecule has 0 unspecified atom stereocenters. The second-order valence-electron chi connectivity index (χ2n) is 4.90. The van der Waals surface area contributed by atoms with Crippen LogP contribution in [-0.4, -0.2) is 42.6 Å². The molecule has 0 saturated carbocycles. The standard InChI is InChI=1S/C13H21N3/c1-16(2)13(5-9-15-10-6-13)11-12-3-7-14-8-4-12/h3-4,7-8,15H,5-6,9-11H2,1-2H3. The number of hydrogen-bond acceptors (Lipinski definition) is 3. The maximum absolute atomic E-state index is 4.08. The highest BCUT2D eigenvalue weighted by atomic mass is 15.2. The third-order valence-corrected chi connectivity index (χ3v) is 3.77. The van der Waals surface area contributed by atoms with Gasteiger partial charge in [0, 0.05) is 17.9 Å². The fourth-order valence-corrected chi connectivity index (χ4v) is 2.55. The van der Waals surface area contributed by atoms with Crippen molar-refractivity contribution in [2.24, 2.45) is 0 Å². The van der Waals surface area contributed by atoms with Crippen LogP contribution in [0.4, 0.5) is 0 Å². The summed E-state index contributed by atoms with van der Waals surface area (Å²) in [4.78, 5) is 6.48. The number of rotatable bonds is 3. The zero-order chi connectivity index (χ0) is 11.4. The highest BCUT2D eigenvalue weighted by Crippen LogP contribution is 2.28. The predicted octanol–water partition coefficient (Wildman–Crippen LogP) is 1.31. The van der Waals surface area contributed by atoms with Crippen LogP contribution in [0, 0.1) is 0 Å². The van der Waals surface area contributed by atoms with Gasteiger partial charge in [0.1, 0.15) is 0 Å². The van der Waals surface area contributed by atoms with E-state index in [1.165, 1.54) is 18.4 Å². The van der Waals surface area contributed by atoms with Crippen molar-refractivity contribution in [2.75, 3.05) is 27.2 Å². The van der Waals surface area contributed by atoms with Crippen LogP contribution >= 0.6 is 0 Å². The Hall–Kier alpha value is -0.930. The highest BCUT2D eigenvalue weighted by molar-refractivity contribution is 5.15. The minimum Gasteiger partial charge on any atom is -0.317 e. The summed E-state index contributed by atoms with van der Waals surface area (Å²) < 4.78 is 0. The van der Waals surface area contributed by atoms with Gasteiger partial charge in [-0.05, 0) is 64.1 Å². The van der Waals surface area contributed by atoms with Gasteiger partial charge in [0.15, 0.2) is 0 Å². The van der Waals surface area contributed by atoms with Gasteiger partial charge in [-0.25, -0.2) is 0 Å². The first-order chi connectivity index (χ1) is 7.73. The van der Waals surface area contributed by atoms with E-state index in [4.69, 9.17) is 0 Å². The molecule has 0 aliphatic carbocycles. The van der Waals surface area contributed by atoms with E-state index < -0.39 is 0 Å². The maximum atomic E-state index is 4.08. The number of pyridine rings is 1. The molecule has 1 N–H and O–H groups in total. The van der Waals surface area contributed by atoms with Crippen LogP contribution in [-0.2, 0) is 6.42 Å².